The summed E-state index contributed by atoms with van der Waals surface area (Å²) in [6.07, 6.45) is 9.54. The molecule has 8 heteroatoms. The molecule has 0 atom stereocenters. The SMILES string of the molecule is COC(=O)C1=C(C(=O)OC)N(c2ccc(S(=O)(=O)C3CCCC3)cc2)C=CC=C1. The number of benzene rings is 1. The maximum atomic E-state index is 12.8. The molecule has 154 valence electrons. The highest BCUT2D eigenvalue weighted by molar-refractivity contribution is 7.92. The van der Waals surface area contributed by atoms with Gasteiger partial charge in [-0.25, -0.2) is 18.0 Å². The third-order valence-electron chi connectivity index (χ3n) is 5.07. The number of methoxy groups -OCH3 is 2. The highest BCUT2D eigenvalue weighted by Gasteiger charge is 2.31. The molecule has 2 aliphatic rings. The molecule has 1 aromatic rings. The van der Waals surface area contributed by atoms with Crippen LogP contribution in [0.5, 0.6) is 0 Å². The molecule has 0 unspecified atom stereocenters. The largest absolute Gasteiger partial charge is 0.465 e. The van der Waals surface area contributed by atoms with Crippen molar-refractivity contribution in [2.75, 3.05) is 19.1 Å². The minimum Gasteiger partial charge on any atom is -0.465 e. The molecule has 0 aromatic heterocycles. The summed E-state index contributed by atoms with van der Waals surface area (Å²) in [6.45, 7) is 0. The zero-order valence-electron chi connectivity index (χ0n) is 16.3. The van der Waals surface area contributed by atoms with E-state index in [1.807, 2.05) is 0 Å². The van der Waals surface area contributed by atoms with Crippen molar-refractivity contribution in [2.45, 2.75) is 35.8 Å². The Balaban J connectivity index is 2.01. The summed E-state index contributed by atoms with van der Waals surface area (Å²) in [6, 6.07) is 6.27. The van der Waals surface area contributed by atoms with Gasteiger partial charge in [-0.1, -0.05) is 18.9 Å². The van der Waals surface area contributed by atoms with Gasteiger partial charge in [-0.2, -0.15) is 0 Å². The standard InChI is InChI=1S/C21H23NO6S/c1-27-20(23)18-9-5-6-14-22(19(18)21(24)28-2)15-10-12-17(13-11-15)29(25,26)16-7-3-4-8-16/h5-6,9-14,16H,3-4,7-8H2,1-2H3. The first kappa shape index (κ1) is 20.9. The van der Waals surface area contributed by atoms with Gasteiger partial charge < -0.3 is 14.4 Å². The van der Waals surface area contributed by atoms with E-state index < -0.39 is 21.8 Å². The lowest BCUT2D eigenvalue weighted by atomic mass is 10.1. The second-order valence-corrected chi connectivity index (χ2v) is 8.99. The number of rotatable bonds is 5. The summed E-state index contributed by atoms with van der Waals surface area (Å²) in [4.78, 5) is 26.4. The molecule has 1 aliphatic heterocycles. The van der Waals surface area contributed by atoms with Crippen molar-refractivity contribution in [3.05, 3.63) is 60.0 Å². The van der Waals surface area contributed by atoms with Gasteiger partial charge in [0.15, 0.2) is 9.84 Å². The third-order valence-corrected chi connectivity index (χ3v) is 7.35. The monoisotopic (exact) mass is 417 g/mol. The molecule has 0 saturated heterocycles. The summed E-state index contributed by atoms with van der Waals surface area (Å²) in [5.74, 6) is -1.40. The number of carbonyl (C=O) groups is 2. The summed E-state index contributed by atoms with van der Waals surface area (Å²) >= 11 is 0. The number of hydrogen-bond acceptors (Lipinski definition) is 7. The molecule has 1 aliphatic carbocycles. The van der Waals surface area contributed by atoms with E-state index >= 15 is 0 Å². The Morgan fingerprint density at radius 3 is 2.17 bits per heavy atom. The fourth-order valence-electron chi connectivity index (χ4n) is 3.55. The highest BCUT2D eigenvalue weighted by atomic mass is 32.2. The summed E-state index contributed by atoms with van der Waals surface area (Å²) < 4.78 is 35.2. The Bertz CT molecular complexity index is 983. The number of sulfone groups is 1. The molecule has 3 rings (SSSR count). The van der Waals surface area contributed by atoms with Crippen LogP contribution in [-0.2, 0) is 28.9 Å². The first-order chi connectivity index (χ1) is 13.9. The van der Waals surface area contributed by atoms with E-state index in [2.05, 4.69) is 0 Å². The summed E-state index contributed by atoms with van der Waals surface area (Å²) in [5.41, 5.74) is 0.528. The number of anilines is 1. The van der Waals surface area contributed by atoms with Gasteiger partial charge in [0.2, 0.25) is 0 Å². The number of nitrogens with zero attached hydrogens (tertiary/aromatic N) is 1. The van der Waals surface area contributed by atoms with Crippen molar-refractivity contribution < 1.29 is 27.5 Å². The second-order valence-electron chi connectivity index (χ2n) is 6.76. The van der Waals surface area contributed by atoms with Gasteiger partial charge in [0, 0.05) is 11.9 Å². The van der Waals surface area contributed by atoms with Crippen LogP contribution in [0.1, 0.15) is 25.7 Å². The number of ether oxygens (including phenoxy) is 2. The van der Waals surface area contributed by atoms with Gasteiger partial charge in [-0.05, 0) is 49.3 Å². The number of carbonyl (C=O) groups excluding carboxylic acids is 2. The maximum Gasteiger partial charge on any atom is 0.355 e. The van der Waals surface area contributed by atoms with Gasteiger partial charge >= 0.3 is 11.9 Å². The van der Waals surface area contributed by atoms with Crippen LogP contribution >= 0.6 is 0 Å². The Morgan fingerprint density at radius 2 is 1.59 bits per heavy atom. The van der Waals surface area contributed by atoms with E-state index in [-0.39, 0.29) is 21.4 Å². The maximum absolute atomic E-state index is 12.8. The predicted octanol–water partition coefficient (Wildman–Crippen LogP) is 2.89. The van der Waals surface area contributed by atoms with Crippen LogP contribution in [-0.4, -0.2) is 39.8 Å². The smallest absolute Gasteiger partial charge is 0.355 e. The minimum absolute atomic E-state index is 0.0178. The van der Waals surface area contributed by atoms with Crippen LogP contribution in [0.15, 0.2) is 64.9 Å². The molecule has 1 saturated carbocycles. The average molecular weight is 417 g/mol. The topological polar surface area (TPSA) is 90.0 Å². The average Bonchev–Trinajstić information content (AvgIpc) is 3.20. The zero-order valence-corrected chi connectivity index (χ0v) is 17.1. The summed E-state index contributed by atoms with van der Waals surface area (Å²) in [7, 11) is -0.937. The van der Waals surface area contributed by atoms with Gasteiger partial charge in [-0.3, -0.25) is 0 Å². The summed E-state index contributed by atoms with van der Waals surface area (Å²) in [5, 5.41) is -0.341. The Kier molecular flexibility index (Phi) is 6.22. The molecule has 0 amide bonds. The van der Waals surface area contributed by atoms with Crippen molar-refractivity contribution in [1.82, 2.24) is 0 Å². The van der Waals surface area contributed by atoms with Crippen molar-refractivity contribution >= 4 is 27.5 Å². The molecule has 0 N–H and O–H groups in total. The fourth-order valence-corrected chi connectivity index (χ4v) is 5.41. The van der Waals surface area contributed by atoms with Crippen LogP contribution in [0.4, 0.5) is 5.69 Å². The molecule has 29 heavy (non-hydrogen) atoms. The van der Waals surface area contributed by atoms with Crippen molar-refractivity contribution in [3.63, 3.8) is 0 Å². The Labute approximate surface area is 170 Å². The van der Waals surface area contributed by atoms with Crippen LogP contribution in [0.25, 0.3) is 0 Å². The van der Waals surface area contributed by atoms with E-state index in [9.17, 15) is 18.0 Å². The van der Waals surface area contributed by atoms with Gasteiger partial charge in [0.25, 0.3) is 0 Å². The first-order valence-corrected chi connectivity index (χ1v) is 10.8. The normalized spacial score (nSPS) is 17.4. The van der Waals surface area contributed by atoms with Crippen molar-refractivity contribution in [2.24, 2.45) is 0 Å². The number of hydrogen-bond donors (Lipinski definition) is 0. The van der Waals surface area contributed by atoms with Crippen LogP contribution in [0.2, 0.25) is 0 Å². The van der Waals surface area contributed by atoms with Crippen molar-refractivity contribution in [1.29, 1.82) is 0 Å². The minimum atomic E-state index is -3.38. The van der Waals surface area contributed by atoms with Crippen molar-refractivity contribution in [3.8, 4) is 0 Å². The lowest BCUT2D eigenvalue weighted by Gasteiger charge is -2.23. The lowest BCUT2D eigenvalue weighted by Crippen LogP contribution is -2.27. The molecular weight excluding hydrogens is 394 g/mol. The molecular formula is C21H23NO6S. The predicted molar refractivity (Wildman–Crippen MR) is 108 cm³/mol. The zero-order chi connectivity index (χ0) is 21.0. The molecule has 1 fully saturated rings. The van der Waals surface area contributed by atoms with Gasteiger partial charge in [-0.15, -0.1) is 0 Å². The van der Waals surface area contributed by atoms with E-state index in [1.54, 1.807) is 30.5 Å². The van der Waals surface area contributed by atoms with Gasteiger partial charge in [0.1, 0.15) is 5.70 Å². The Morgan fingerprint density at radius 1 is 0.966 bits per heavy atom. The second kappa shape index (κ2) is 8.65. The third kappa shape index (κ3) is 4.12. The quantitative estimate of drug-likeness (QED) is 0.681. The molecule has 7 nitrogen and oxygen atoms in total. The van der Waals surface area contributed by atoms with Crippen LogP contribution in [0.3, 0.4) is 0 Å². The Hall–Kier alpha value is -2.87. The molecule has 0 spiro atoms. The number of allylic oxidation sites excluding steroid dienone is 2. The number of esters is 2. The van der Waals surface area contributed by atoms with E-state index in [4.69, 9.17) is 9.47 Å². The highest BCUT2D eigenvalue weighted by Crippen LogP contribution is 2.32. The first-order valence-electron chi connectivity index (χ1n) is 9.29. The lowest BCUT2D eigenvalue weighted by molar-refractivity contribution is -0.139. The van der Waals surface area contributed by atoms with E-state index in [0.717, 1.165) is 12.8 Å². The van der Waals surface area contributed by atoms with Crippen LogP contribution < -0.4 is 4.90 Å². The van der Waals surface area contributed by atoms with Gasteiger partial charge in [0.05, 0.1) is 29.9 Å². The fraction of sp³-hybridized carbons (Fsp3) is 0.333. The molecule has 1 heterocycles. The molecule has 0 radical (unpaired) electrons. The molecule has 1 aromatic carbocycles. The molecule has 0 bridgehead atoms. The van der Waals surface area contributed by atoms with Crippen LogP contribution in [0, 0.1) is 0 Å². The van der Waals surface area contributed by atoms with E-state index in [1.165, 1.54) is 37.3 Å². The van der Waals surface area contributed by atoms with E-state index in [0.29, 0.717) is 18.5 Å².